The van der Waals surface area contributed by atoms with Crippen molar-refractivity contribution >= 4 is 0 Å². The summed E-state index contributed by atoms with van der Waals surface area (Å²) in [6.07, 6.45) is 10.6. The lowest BCUT2D eigenvalue weighted by atomic mass is 9.36. The van der Waals surface area contributed by atoms with Gasteiger partial charge in [0.25, 0.3) is 0 Å². The van der Waals surface area contributed by atoms with Crippen molar-refractivity contribution in [1.29, 1.82) is 0 Å². The van der Waals surface area contributed by atoms with Crippen molar-refractivity contribution < 1.29 is 15.3 Å². The molecule has 0 radical (unpaired) electrons. The molecule has 11 atom stereocenters. The molecule has 31 heavy (non-hydrogen) atoms. The molecule has 4 rings (SSSR count). The zero-order valence-electron chi connectivity index (χ0n) is 20.9. The molecule has 0 aliphatic heterocycles. The first-order chi connectivity index (χ1) is 14.5. The molecule has 0 aromatic heterocycles. The van der Waals surface area contributed by atoms with Gasteiger partial charge in [-0.3, -0.25) is 0 Å². The van der Waals surface area contributed by atoms with E-state index in [2.05, 4.69) is 47.6 Å². The lowest BCUT2D eigenvalue weighted by Crippen LogP contribution is -2.64. The van der Waals surface area contributed by atoms with Crippen molar-refractivity contribution in [2.45, 2.75) is 118 Å². The summed E-state index contributed by atoms with van der Waals surface area (Å²) in [5.74, 6) is 1.86. The van der Waals surface area contributed by atoms with Gasteiger partial charge < -0.3 is 15.3 Å². The number of rotatable bonds is 4. The van der Waals surface area contributed by atoms with Crippen molar-refractivity contribution in [3.8, 4) is 0 Å². The Bertz CT molecular complexity index is 698. The molecular weight excluding hydrogens is 384 g/mol. The van der Waals surface area contributed by atoms with Gasteiger partial charge in [0.05, 0.1) is 18.3 Å². The van der Waals surface area contributed by atoms with Gasteiger partial charge in [0, 0.05) is 0 Å². The van der Waals surface area contributed by atoms with E-state index in [1.807, 2.05) is 0 Å². The molecule has 0 bridgehead atoms. The molecule has 3 N–H and O–H groups in total. The number of aliphatic hydroxyl groups is 3. The van der Waals surface area contributed by atoms with Gasteiger partial charge in [0.1, 0.15) is 0 Å². The van der Waals surface area contributed by atoms with E-state index in [0.717, 1.165) is 44.9 Å². The smallest absolute Gasteiger partial charge is 0.0580 e. The predicted molar refractivity (Wildman–Crippen MR) is 126 cm³/mol. The van der Waals surface area contributed by atoms with Crippen LogP contribution in [0.15, 0.2) is 11.6 Å². The summed E-state index contributed by atoms with van der Waals surface area (Å²) in [5, 5.41) is 33.3. The summed E-state index contributed by atoms with van der Waals surface area (Å²) < 4.78 is 0. The van der Waals surface area contributed by atoms with Crippen LogP contribution < -0.4 is 0 Å². The molecule has 0 aromatic carbocycles. The highest BCUT2D eigenvalue weighted by Crippen LogP contribution is 2.74. The van der Waals surface area contributed by atoms with Crippen LogP contribution in [0.2, 0.25) is 0 Å². The van der Waals surface area contributed by atoms with Gasteiger partial charge in [-0.2, -0.15) is 0 Å². The van der Waals surface area contributed by atoms with Crippen LogP contribution in [-0.2, 0) is 0 Å². The third-order valence-electron chi connectivity index (χ3n) is 11.5. The molecule has 0 aromatic rings. The van der Waals surface area contributed by atoms with Gasteiger partial charge in [-0.25, -0.2) is 0 Å². The first-order valence-electron chi connectivity index (χ1n) is 13.1. The fourth-order valence-corrected chi connectivity index (χ4v) is 9.61. The fraction of sp³-hybridized carbons (Fsp3) is 0.929. The average molecular weight is 433 g/mol. The topological polar surface area (TPSA) is 60.7 Å². The second kappa shape index (κ2) is 8.13. The fourth-order valence-electron chi connectivity index (χ4n) is 9.61. The summed E-state index contributed by atoms with van der Waals surface area (Å²) in [6.45, 7) is 14.0. The summed E-state index contributed by atoms with van der Waals surface area (Å²) >= 11 is 0. The SMILES string of the molecule is CC(C)=CCCC(O)C1CC[C@]2(C)C1[C@H](O)CC1C3(C)CCC(O)[C@H](C)C3CCC12C. The Morgan fingerprint density at radius 1 is 0.968 bits per heavy atom. The van der Waals surface area contributed by atoms with Gasteiger partial charge in [-0.15, -0.1) is 0 Å². The molecular formula is C28H48O3. The van der Waals surface area contributed by atoms with Crippen LogP contribution in [0.25, 0.3) is 0 Å². The van der Waals surface area contributed by atoms with E-state index in [0.29, 0.717) is 17.8 Å². The molecule has 178 valence electrons. The molecule has 8 unspecified atom stereocenters. The monoisotopic (exact) mass is 432 g/mol. The van der Waals surface area contributed by atoms with Crippen LogP contribution in [0.4, 0.5) is 0 Å². The van der Waals surface area contributed by atoms with E-state index in [9.17, 15) is 15.3 Å². The highest BCUT2D eigenvalue weighted by molar-refractivity contribution is 5.18. The minimum atomic E-state index is -0.314. The standard InChI is InChI=1S/C28H48O3/c1-17(2)8-7-9-22(30)19-10-14-28(6)25(19)23(31)16-24-26(4)13-12-21(29)18(3)20(26)11-15-27(24,28)5/h8,18-25,29-31H,7,9-16H2,1-6H3/t18-,19?,20?,21?,22?,23-,24?,25?,26?,27?,28-/m1/s1. The van der Waals surface area contributed by atoms with Gasteiger partial charge in [0.15, 0.2) is 0 Å². The largest absolute Gasteiger partial charge is 0.393 e. The highest BCUT2D eigenvalue weighted by atomic mass is 16.3. The van der Waals surface area contributed by atoms with Crippen molar-refractivity contribution in [3.05, 3.63) is 11.6 Å². The summed E-state index contributed by atoms with van der Waals surface area (Å²) in [6, 6.07) is 0. The Hall–Kier alpha value is -0.380. The minimum absolute atomic E-state index is 0.0881. The van der Waals surface area contributed by atoms with Gasteiger partial charge >= 0.3 is 0 Å². The number of allylic oxidation sites excluding steroid dienone is 2. The van der Waals surface area contributed by atoms with Gasteiger partial charge in [-0.1, -0.05) is 39.3 Å². The number of fused-ring (bicyclic) bond motifs is 5. The molecule has 3 nitrogen and oxygen atoms in total. The second-order valence-corrected chi connectivity index (χ2v) is 13.0. The molecule has 0 amide bonds. The van der Waals surface area contributed by atoms with Crippen molar-refractivity contribution in [1.82, 2.24) is 0 Å². The van der Waals surface area contributed by atoms with E-state index in [-0.39, 0.29) is 46.4 Å². The summed E-state index contributed by atoms with van der Waals surface area (Å²) in [4.78, 5) is 0. The lowest BCUT2D eigenvalue weighted by molar-refractivity contribution is -0.230. The van der Waals surface area contributed by atoms with Gasteiger partial charge in [0.2, 0.25) is 0 Å². The first kappa shape index (κ1) is 23.8. The van der Waals surface area contributed by atoms with E-state index in [1.54, 1.807) is 0 Å². The average Bonchev–Trinajstić information content (AvgIpc) is 3.07. The molecule has 4 aliphatic rings. The molecule has 3 heteroatoms. The normalized spacial score (nSPS) is 52.6. The third kappa shape index (κ3) is 3.48. The minimum Gasteiger partial charge on any atom is -0.393 e. The first-order valence-corrected chi connectivity index (χ1v) is 13.1. The number of hydrogen-bond acceptors (Lipinski definition) is 3. The summed E-state index contributed by atoms with van der Waals surface area (Å²) in [5.41, 5.74) is 1.82. The predicted octanol–water partition coefficient (Wildman–Crippen LogP) is 5.72. The van der Waals surface area contributed by atoms with Crippen LogP contribution in [0.3, 0.4) is 0 Å². The van der Waals surface area contributed by atoms with Gasteiger partial charge in [-0.05, 0) is 117 Å². The van der Waals surface area contributed by atoms with Crippen molar-refractivity contribution in [2.24, 2.45) is 45.8 Å². The number of aliphatic hydroxyl groups excluding tert-OH is 3. The second-order valence-electron chi connectivity index (χ2n) is 13.0. The van der Waals surface area contributed by atoms with E-state index >= 15 is 0 Å². The van der Waals surface area contributed by atoms with Crippen LogP contribution >= 0.6 is 0 Å². The molecule has 4 saturated carbocycles. The van der Waals surface area contributed by atoms with Crippen LogP contribution in [0.5, 0.6) is 0 Å². The number of hydrogen-bond donors (Lipinski definition) is 3. The Morgan fingerprint density at radius 2 is 1.65 bits per heavy atom. The Balaban J connectivity index is 1.61. The Kier molecular flexibility index (Phi) is 6.24. The van der Waals surface area contributed by atoms with Crippen molar-refractivity contribution in [2.75, 3.05) is 0 Å². The van der Waals surface area contributed by atoms with Crippen LogP contribution in [0.1, 0.15) is 99.3 Å². The Labute approximate surface area is 190 Å². The van der Waals surface area contributed by atoms with E-state index < -0.39 is 0 Å². The molecule has 4 fully saturated rings. The third-order valence-corrected chi connectivity index (χ3v) is 11.5. The lowest BCUT2D eigenvalue weighted by Gasteiger charge is -2.69. The maximum Gasteiger partial charge on any atom is 0.0580 e. The molecule has 0 heterocycles. The molecule has 4 aliphatic carbocycles. The van der Waals surface area contributed by atoms with Crippen molar-refractivity contribution in [3.63, 3.8) is 0 Å². The molecule has 0 spiro atoms. The van der Waals surface area contributed by atoms with E-state index in [1.165, 1.54) is 18.4 Å². The van der Waals surface area contributed by atoms with Crippen LogP contribution in [-0.4, -0.2) is 33.6 Å². The highest BCUT2D eigenvalue weighted by Gasteiger charge is 2.69. The van der Waals surface area contributed by atoms with Crippen LogP contribution in [0, 0.1) is 45.8 Å². The Morgan fingerprint density at radius 3 is 2.32 bits per heavy atom. The maximum absolute atomic E-state index is 11.6. The maximum atomic E-state index is 11.6. The quantitative estimate of drug-likeness (QED) is 0.498. The van der Waals surface area contributed by atoms with E-state index in [4.69, 9.17) is 0 Å². The zero-order chi connectivity index (χ0) is 22.8. The zero-order valence-corrected chi connectivity index (χ0v) is 20.9. The summed E-state index contributed by atoms with van der Waals surface area (Å²) in [7, 11) is 0. The molecule has 0 saturated heterocycles.